The van der Waals surface area contributed by atoms with Crippen LogP contribution >= 0.6 is 11.6 Å². The summed E-state index contributed by atoms with van der Waals surface area (Å²) in [6.45, 7) is 1.73. The number of hydrogen-bond donors (Lipinski definition) is 1. The van der Waals surface area contributed by atoms with Crippen LogP contribution in [-0.4, -0.2) is 23.9 Å². The molecule has 0 bridgehead atoms. The molecule has 3 unspecified atom stereocenters. The average Bonchev–Trinajstić information content (AvgIpc) is 3.23. The molecule has 28 heavy (non-hydrogen) atoms. The van der Waals surface area contributed by atoms with Crippen molar-refractivity contribution in [2.24, 2.45) is 5.92 Å². The molecule has 2 aromatic rings. The largest absolute Gasteiger partial charge is 0.377 e. The molecule has 2 aromatic carbocycles. The molecule has 0 saturated carbocycles. The molecular weight excluding hydrogens is 368 g/mol. The van der Waals surface area contributed by atoms with Crippen molar-refractivity contribution in [3.63, 3.8) is 0 Å². The molecule has 2 heterocycles. The van der Waals surface area contributed by atoms with E-state index in [-0.39, 0.29) is 11.9 Å². The Morgan fingerprint density at radius 1 is 1.07 bits per heavy atom. The molecule has 144 valence electrons. The van der Waals surface area contributed by atoms with Gasteiger partial charge in [-0.25, -0.2) is 0 Å². The first kappa shape index (κ1) is 17.8. The van der Waals surface area contributed by atoms with E-state index in [1.807, 2.05) is 29.2 Å². The molecule has 3 nitrogen and oxygen atoms in total. The predicted octanol–water partition coefficient (Wildman–Crippen LogP) is 5.79. The minimum atomic E-state index is 0.154. The highest BCUT2D eigenvalue weighted by molar-refractivity contribution is 6.30. The zero-order valence-corrected chi connectivity index (χ0v) is 16.7. The van der Waals surface area contributed by atoms with Gasteiger partial charge in [0.1, 0.15) is 0 Å². The van der Waals surface area contributed by atoms with Crippen LogP contribution in [0.5, 0.6) is 0 Å². The lowest BCUT2D eigenvalue weighted by molar-refractivity contribution is 0.0725. The highest BCUT2D eigenvalue weighted by atomic mass is 35.5. The van der Waals surface area contributed by atoms with Crippen LogP contribution in [0.25, 0.3) is 0 Å². The van der Waals surface area contributed by atoms with Crippen molar-refractivity contribution in [3.8, 4) is 0 Å². The second kappa shape index (κ2) is 7.29. The van der Waals surface area contributed by atoms with Crippen LogP contribution in [0.1, 0.15) is 59.1 Å². The Kier molecular flexibility index (Phi) is 4.64. The van der Waals surface area contributed by atoms with E-state index in [2.05, 4.69) is 35.7 Å². The van der Waals surface area contributed by atoms with E-state index in [4.69, 9.17) is 11.6 Å². The first-order valence-corrected chi connectivity index (χ1v) is 10.7. The molecule has 3 aliphatic rings. The maximum absolute atomic E-state index is 13.3. The Hall–Kier alpha value is -2.26. The monoisotopic (exact) mass is 392 g/mol. The fraction of sp³-hybridized carbons (Fsp3) is 0.375. The number of hydrogen-bond acceptors (Lipinski definition) is 2. The van der Waals surface area contributed by atoms with E-state index in [0.29, 0.717) is 11.8 Å². The second-order valence-corrected chi connectivity index (χ2v) is 8.59. The number of para-hydroxylation sites is 1. The molecule has 1 N–H and O–H groups in total. The molecule has 0 aromatic heterocycles. The number of nitrogens with zero attached hydrogens (tertiary/aromatic N) is 1. The van der Waals surface area contributed by atoms with Crippen LogP contribution in [0.3, 0.4) is 0 Å². The van der Waals surface area contributed by atoms with Gasteiger partial charge in [0.15, 0.2) is 0 Å². The zero-order valence-electron chi connectivity index (χ0n) is 15.9. The van der Waals surface area contributed by atoms with Gasteiger partial charge in [0.05, 0.1) is 17.3 Å². The van der Waals surface area contributed by atoms with Crippen LogP contribution in [0.4, 0.5) is 5.69 Å². The molecule has 1 fully saturated rings. The molecule has 1 amide bonds. The summed E-state index contributed by atoms with van der Waals surface area (Å²) in [6.07, 6.45) is 9.07. The molecule has 4 heteroatoms. The van der Waals surface area contributed by atoms with Crippen molar-refractivity contribution < 1.29 is 4.79 Å². The summed E-state index contributed by atoms with van der Waals surface area (Å²) in [5.74, 6) is 0.954. The number of benzene rings is 2. The number of carbonyl (C=O) groups excluding carboxylic acids is 1. The molecule has 2 aliphatic heterocycles. The Bertz CT molecular complexity index is 932. The van der Waals surface area contributed by atoms with Gasteiger partial charge in [-0.2, -0.15) is 0 Å². The van der Waals surface area contributed by atoms with Gasteiger partial charge in [-0.05, 0) is 60.9 Å². The smallest absolute Gasteiger partial charge is 0.255 e. The van der Waals surface area contributed by atoms with E-state index in [9.17, 15) is 4.79 Å². The van der Waals surface area contributed by atoms with Gasteiger partial charge in [0.2, 0.25) is 0 Å². The first-order chi connectivity index (χ1) is 13.7. The predicted molar refractivity (Wildman–Crippen MR) is 114 cm³/mol. The maximum atomic E-state index is 13.3. The van der Waals surface area contributed by atoms with Gasteiger partial charge in [-0.15, -0.1) is 0 Å². The van der Waals surface area contributed by atoms with Gasteiger partial charge in [0, 0.05) is 24.0 Å². The SMILES string of the molecule is O=C(c1cccc2c1NC(c1cccc(Cl)c1)C1CC=CC21)N1CCCCC1. The van der Waals surface area contributed by atoms with Crippen LogP contribution in [0.15, 0.2) is 54.6 Å². The van der Waals surface area contributed by atoms with Gasteiger partial charge in [-0.1, -0.05) is 48.0 Å². The number of fused-ring (bicyclic) bond motifs is 3. The number of anilines is 1. The van der Waals surface area contributed by atoms with Crippen molar-refractivity contribution >= 4 is 23.2 Å². The highest BCUT2D eigenvalue weighted by Gasteiger charge is 2.39. The number of carbonyl (C=O) groups is 1. The van der Waals surface area contributed by atoms with E-state index in [1.54, 1.807) is 0 Å². The maximum Gasteiger partial charge on any atom is 0.255 e. The van der Waals surface area contributed by atoms with Crippen molar-refractivity contribution in [2.45, 2.75) is 37.6 Å². The van der Waals surface area contributed by atoms with E-state index < -0.39 is 0 Å². The van der Waals surface area contributed by atoms with Gasteiger partial charge >= 0.3 is 0 Å². The number of amides is 1. The number of nitrogens with one attached hydrogen (secondary N) is 1. The fourth-order valence-corrected chi connectivity index (χ4v) is 5.30. The van der Waals surface area contributed by atoms with Crippen molar-refractivity contribution in [2.75, 3.05) is 18.4 Å². The lowest BCUT2D eigenvalue weighted by Gasteiger charge is -2.39. The Morgan fingerprint density at radius 3 is 2.71 bits per heavy atom. The Balaban J connectivity index is 1.56. The quantitative estimate of drug-likeness (QED) is 0.655. The second-order valence-electron chi connectivity index (χ2n) is 8.15. The molecule has 1 aliphatic carbocycles. The molecular formula is C24H25ClN2O. The van der Waals surface area contributed by atoms with Gasteiger partial charge < -0.3 is 10.2 Å². The normalized spacial score (nSPS) is 25.8. The highest BCUT2D eigenvalue weighted by Crippen LogP contribution is 2.50. The van der Waals surface area contributed by atoms with Crippen LogP contribution in [0, 0.1) is 5.92 Å². The van der Waals surface area contributed by atoms with Crippen LogP contribution in [0.2, 0.25) is 5.02 Å². The molecule has 5 rings (SSSR count). The van der Waals surface area contributed by atoms with E-state index in [0.717, 1.165) is 48.6 Å². The summed E-state index contributed by atoms with van der Waals surface area (Å²) in [5, 5.41) is 4.51. The first-order valence-electron chi connectivity index (χ1n) is 10.3. The number of halogens is 1. The third kappa shape index (κ3) is 3.02. The summed E-state index contributed by atoms with van der Waals surface area (Å²) in [6, 6.07) is 14.5. The molecule has 3 atom stereocenters. The van der Waals surface area contributed by atoms with Crippen LogP contribution in [-0.2, 0) is 0 Å². The summed E-state index contributed by atoms with van der Waals surface area (Å²) >= 11 is 6.29. The van der Waals surface area contributed by atoms with Crippen molar-refractivity contribution in [3.05, 3.63) is 76.3 Å². The minimum absolute atomic E-state index is 0.154. The molecule has 1 saturated heterocycles. The summed E-state index contributed by atoms with van der Waals surface area (Å²) in [7, 11) is 0. The number of likely N-dealkylation sites (tertiary alicyclic amines) is 1. The lowest BCUT2D eigenvalue weighted by Crippen LogP contribution is -2.37. The van der Waals surface area contributed by atoms with E-state index in [1.165, 1.54) is 17.5 Å². The zero-order chi connectivity index (χ0) is 19.1. The van der Waals surface area contributed by atoms with Crippen molar-refractivity contribution in [1.82, 2.24) is 4.90 Å². The third-order valence-electron chi connectivity index (χ3n) is 6.48. The molecule has 0 spiro atoms. The molecule has 0 radical (unpaired) electrons. The number of allylic oxidation sites excluding steroid dienone is 2. The van der Waals surface area contributed by atoms with Crippen molar-refractivity contribution in [1.29, 1.82) is 0 Å². The average molecular weight is 393 g/mol. The lowest BCUT2D eigenvalue weighted by atomic mass is 9.76. The Morgan fingerprint density at radius 2 is 1.89 bits per heavy atom. The summed E-state index contributed by atoms with van der Waals surface area (Å²) in [5.41, 5.74) is 4.26. The summed E-state index contributed by atoms with van der Waals surface area (Å²) in [4.78, 5) is 15.3. The van der Waals surface area contributed by atoms with E-state index >= 15 is 0 Å². The Labute approximate surface area is 171 Å². The van der Waals surface area contributed by atoms with Crippen LogP contribution < -0.4 is 5.32 Å². The standard InChI is InChI=1S/C24H25ClN2O/c25-17-8-4-7-16(15-17)22-19-10-5-9-18(19)20-11-6-12-21(23(20)26-22)24(28)27-13-2-1-3-14-27/h4-9,11-12,15,18-19,22,26H,1-3,10,13-14H2. The topological polar surface area (TPSA) is 32.3 Å². The summed E-state index contributed by atoms with van der Waals surface area (Å²) < 4.78 is 0. The third-order valence-corrected chi connectivity index (χ3v) is 6.71. The number of piperidine rings is 1. The van der Waals surface area contributed by atoms with Gasteiger partial charge in [0.25, 0.3) is 5.91 Å². The minimum Gasteiger partial charge on any atom is -0.377 e. The fourth-order valence-electron chi connectivity index (χ4n) is 5.10. The number of rotatable bonds is 2. The van der Waals surface area contributed by atoms with Gasteiger partial charge in [-0.3, -0.25) is 4.79 Å².